The van der Waals surface area contributed by atoms with Crippen molar-refractivity contribution in [3.8, 4) is 5.75 Å². The smallest absolute Gasteiger partial charge is 0.296 e. The van der Waals surface area contributed by atoms with Gasteiger partial charge in [-0.05, 0) is 48.9 Å². The number of rotatable bonds is 5. The van der Waals surface area contributed by atoms with E-state index in [1.807, 2.05) is 0 Å². The van der Waals surface area contributed by atoms with Gasteiger partial charge in [0, 0.05) is 24.5 Å². The Bertz CT molecular complexity index is 1190. The largest absolute Gasteiger partial charge is 0.507 e. The predicted molar refractivity (Wildman–Crippen MR) is 114 cm³/mol. The summed E-state index contributed by atoms with van der Waals surface area (Å²) in [7, 11) is 1.48. The van der Waals surface area contributed by atoms with Gasteiger partial charge in [0.2, 0.25) is 0 Å². The van der Waals surface area contributed by atoms with Gasteiger partial charge in [-0.25, -0.2) is 0 Å². The molecular formula is C23H19ClN2O5. The summed E-state index contributed by atoms with van der Waals surface area (Å²) in [6, 6.07) is 10.7. The summed E-state index contributed by atoms with van der Waals surface area (Å²) in [4.78, 5) is 31.4. The van der Waals surface area contributed by atoms with Crippen LogP contribution in [0, 0.1) is 6.92 Å². The standard InChI is InChI=1S/C23H19ClN2O5/c1-13-5-8-18(31-13)20-19(21(27)16-10-15(30-2)6-7-17(16)24)22(28)23(29)26(20)12-14-4-3-9-25-11-14/h3-11,20,27H,12H2,1-2H3/b21-19+. The number of likely N-dealkylation sites (tertiary alicyclic amines) is 1. The number of aliphatic hydroxyl groups excluding tert-OH is 1. The number of hydrogen-bond donors (Lipinski definition) is 1. The second-order valence-electron chi connectivity index (χ2n) is 7.08. The highest BCUT2D eigenvalue weighted by atomic mass is 35.5. The Morgan fingerprint density at radius 2 is 2.06 bits per heavy atom. The zero-order valence-corrected chi connectivity index (χ0v) is 17.6. The number of furan rings is 1. The van der Waals surface area contributed by atoms with Crippen molar-refractivity contribution in [3.05, 3.63) is 88.1 Å². The fourth-order valence-corrected chi connectivity index (χ4v) is 3.79. The SMILES string of the molecule is COc1ccc(Cl)c(/C(O)=C2\C(=O)C(=O)N(Cc3cccnc3)C2c2ccc(C)o2)c1. The van der Waals surface area contributed by atoms with Gasteiger partial charge >= 0.3 is 0 Å². The van der Waals surface area contributed by atoms with Crippen LogP contribution in [0.5, 0.6) is 5.75 Å². The van der Waals surface area contributed by atoms with Crippen molar-refractivity contribution in [1.82, 2.24) is 9.88 Å². The van der Waals surface area contributed by atoms with Gasteiger partial charge in [-0.15, -0.1) is 0 Å². The Morgan fingerprint density at radius 3 is 2.71 bits per heavy atom. The van der Waals surface area contributed by atoms with E-state index >= 15 is 0 Å². The molecule has 1 N–H and O–H groups in total. The highest BCUT2D eigenvalue weighted by Crippen LogP contribution is 2.42. The van der Waals surface area contributed by atoms with Crippen LogP contribution >= 0.6 is 11.6 Å². The van der Waals surface area contributed by atoms with E-state index < -0.39 is 23.5 Å². The first-order chi connectivity index (χ1) is 14.9. The third-order valence-corrected chi connectivity index (χ3v) is 5.40. The first-order valence-corrected chi connectivity index (χ1v) is 9.86. The number of hydrogen-bond acceptors (Lipinski definition) is 6. The van der Waals surface area contributed by atoms with E-state index in [1.54, 1.807) is 55.7 Å². The highest BCUT2D eigenvalue weighted by Gasteiger charge is 2.47. The molecule has 3 heterocycles. The van der Waals surface area contributed by atoms with Gasteiger partial charge in [0.15, 0.2) is 0 Å². The highest BCUT2D eigenvalue weighted by molar-refractivity contribution is 6.46. The Labute approximate surface area is 183 Å². The van der Waals surface area contributed by atoms with Crippen molar-refractivity contribution < 1.29 is 23.8 Å². The molecule has 0 radical (unpaired) electrons. The van der Waals surface area contributed by atoms with Gasteiger partial charge in [0.05, 0.1) is 17.7 Å². The zero-order chi connectivity index (χ0) is 22.1. The zero-order valence-electron chi connectivity index (χ0n) is 16.8. The minimum absolute atomic E-state index is 0.0987. The number of halogens is 1. The monoisotopic (exact) mass is 438 g/mol. The van der Waals surface area contributed by atoms with Crippen molar-refractivity contribution in [2.24, 2.45) is 0 Å². The number of ketones is 1. The lowest BCUT2D eigenvalue weighted by molar-refractivity contribution is -0.140. The van der Waals surface area contributed by atoms with E-state index in [4.69, 9.17) is 20.8 Å². The number of benzene rings is 1. The molecule has 31 heavy (non-hydrogen) atoms. The summed E-state index contributed by atoms with van der Waals surface area (Å²) in [5.74, 6) is -0.540. The number of aromatic nitrogens is 1. The molecule has 1 unspecified atom stereocenters. The molecule has 158 valence electrons. The average molecular weight is 439 g/mol. The maximum Gasteiger partial charge on any atom is 0.296 e. The maximum absolute atomic E-state index is 13.0. The van der Waals surface area contributed by atoms with Gasteiger partial charge in [-0.3, -0.25) is 14.6 Å². The van der Waals surface area contributed by atoms with Crippen LogP contribution in [0.25, 0.3) is 5.76 Å². The third-order valence-electron chi connectivity index (χ3n) is 5.07. The van der Waals surface area contributed by atoms with Crippen LogP contribution in [0.15, 0.2) is 64.8 Å². The van der Waals surface area contributed by atoms with Gasteiger partial charge in [0.25, 0.3) is 11.7 Å². The Morgan fingerprint density at radius 1 is 1.26 bits per heavy atom. The van der Waals surface area contributed by atoms with Crippen LogP contribution in [0.2, 0.25) is 5.02 Å². The molecule has 1 fully saturated rings. The topological polar surface area (TPSA) is 92.9 Å². The third kappa shape index (κ3) is 3.80. The van der Waals surface area contributed by atoms with Crippen molar-refractivity contribution in [2.45, 2.75) is 19.5 Å². The predicted octanol–water partition coefficient (Wildman–Crippen LogP) is 4.27. The van der Waals surface area contributed by atoms with Crippen LogP contribution in [0.1, 0.15) is 28.7 Å². The maximum atomic E-state index is 13.0. The van der Waals surface area contributed by atoms with Gasteiger partial charge in [0.1, 0.15) is 29.1 Å². The first-order valence-electron chi connectivity index (χ1n) is 9.48. The van der Waals surface area contributed by atoms with Gasteiger partial charge in [-0.2, -0.15) is 0 Å². The Hall–Kier alpha value is -3.58. The summed E-state index contributed by atoms with van der Waals surface area (Å²) in [6.45, 7) is 1.88. The molecule has 2 aromatic heterocycles. The lowest BCUT2D eigenvalue weighted by Gasteiger charge is -2.23. The van der Waals surface area contributed by atoms with Crippen molar-refractivity contribution in [2.75, 3.05) is 7.11 Å². The van der Waals surface area contributed by atoms with E-state index in [0.29, 0.717) is 17.3 Å². The molecule has 1 aliphatic rings. The van der Waals surface area contributed by atoms with Crippen LogP contribution in [0.4, 0.5) is 0 Å². The number of Topliss-reactive ketones (excluding diaryl/α,β-unsaturated/α-hetero) is 1. The molecule has 3 aromatic rings. The Kier molecular flexibility index (Phi) is 5.52. The van der Waals surface area contributed by atoms with Gasteiger partial charge in [-0.1, -0.05) is 17.7 Å². The van der Waals surface area contributed by atoms with Crippen molar-refractivity contribution >= 4 is 29.1 Å². The summed E-state index contributed by atoms with van der Waals surface area (Å²) in [5.41, 5.74) is 0.823. The molecule has 1 amide bonds. The number of ether oxygens (including phenoxy) is 1. The van der Waals surface area contributed by atoms with E-state index in [0.717, 1.165) is 5.56 Å². The van der Waals surface area contributed by atoms with Crippen LogP contribution in [0.3, 0.4) is 0 Å². The van der Waals surface area contributed by atoms with Crippen molar-refractivity contribution in [1.29, 1.82) is 0 Å². The molecule has 1 saturated heterocycles. The molecular weight excluding hydrogens is 420 g/mol. The lowest BCUT2D eigenvalue weighted by Crippen LogP contribution is -2.29. The summed E-state index contributed by atoms with van der Waals surface area (Å²) < 4.78 is 11.0. The van der Waals surface area contributed by atoms with Crippen LogP contribution < -0.4 is 4.74 Å². The number of aliphatic hydroxyl groups is 1. The summed E-state index contributed by atoms with van der Waals surface area (Å²) >= 11 is 6.28. The molecule has 4 rings (SSSR count). The van der Waals surface area contributed by atoms with Crippen molar-refractivity contribution in [3.63, 3.8) is 0 Å². The normalized spacial score (nSPS) is 17.9. The molecule has 8 heteroatoms. The molecule has 0 spiro atoms. The van der Waals surface area contributed by atoms with Crippen LogP contribution in [-0.2, 0) is 16.1 Å². The van der Waals surface area contributed by atoms with Crippen LogP contribution in [-0.4, -0.2) is 33.8 Å². The van der Waals surface area contributed by atoms with E-state index in [9.17, 15) is 14.7 Å². The molecule has 1 aliphatic heterocycles. The molecule has 7 nitrogen and oxygen atoms in total. The summed E-state index contributed by atoms with van der Waals surface area (Å²) in [6.07, 6.45) is 3.23. The minimum atomic E-state index is -0.920. The average Bonchev–Trinajstić information content (AvgIpc) is 3.30. The fraction of sp³-hybridized carbons (Fsp3) is 0.174. The minimum Gasteiger partial charge on any atom is -0.507 e. The number of carbonyl (C=O) groups is 2. The number of carbonyl (C=O) groups excluding carboxylic acids is 2. The second kappa shape index (κ2) is 8.28. The summed E-state index contributed by atoms with van der Waals surface area (Å²) in [5, 5.41) is 11.3. The fourth-order valence-electron chi connectivity index (χ4n) is 3.59. The van der Waals surface area contributed by atoms with E-state index in [-0.39, 0.29) is 22.7 Å². The number of amides is 1. The lowest BCUT2D eigenvalue weighted by atomic mass is 9.99. The molecule has 0 bridgehead atoms. The molecule has 0 aliphatic carbocycles. The number of pyridine rings is 1. The Balaban J connectivity index is 1.88. The number of aryl methyl sites for hydroxylation is 1. The number of methoxy groups -OCH3 is 1. The number of nitrogens with zero attached hydrogens (tertiary/aromatic N) is 2. The van der Waals surface area contributed by atoms with E-state index in [1.165, 1.54) is 18.1 Å². The van der Waals surface area contributed by atoms with Gasteiger partial charge < -0.3 is 19.2 Å². The quantitative estimate of drug-likeness (QED) is 0.363. The molecule has 1 aromatic carbocycles. The van der Waals surface area contributed by atoms with E-state index in [2.05, 4.69) is 4.98 Å². The molecule has 1 atom stereocenters. The second-order valence-corrected chi connectivity index (χ2v) is 7.49. The molecule has 0 saturated carbocycles. The first kappa shape index (κ1) is 20.7.